The van der Waals surface area contributed by atoms with Crippen molar-refractivity contribution < 1.29 is 19.4 Å². The molecule has 0 aromatic heterocycles. The molecule has 0 radical (unpaired) electrons. The van der Waals surface area contributed by atoms with Crippen LogP contribution < -0.4 is 15.4 Å². The first kappa shape index (κ1) is 14.3. The smallest absolute Gasteiger partial charge is 0.337 e. The third-order valence-electron chi connectivity index (χ3n) is 3.15. The molecule has 0 atom stereocenters. The molecule has 0 bridgehead atoms. The fraction of sp³-hybridized carbons (Fsp3) is 0.429. The van der Waals surface area contributed by atoms with Crippen LogP contribution in [0, 0.1) is 5.92 Å². The SMILES string of the molecule is COc1ccc(NC(=O)CNCC2CC2)c(C(=O)O)c1. The van der Waals surface area contributed by atoms with Gasteiger partial charge in [-0.05, 0) is 43.5 Å². The maximum Gasteiger partial charge on any atom is 0.337 e. The molecule has 0 spiro atoms. The zero-order chi connectivity index (χ0) is 14.5. The summed E-state index contributed by atoms with van der Waals surface area (Å²) in [6.07, 6.45) is 2.44. The highest BCUT2D eigenvalue weighted by Gasteiger charge is 2.20. The zero-order valence-electron chi connectivity index (χ0n) is 11.3. The van der Waals surface area contributed by atoms with Gasteiger partial charge in [0.2, 0.25) is 5.91 Å². The minimum absolute atomic E-state index is 0.0138. The summed E-state index contributed by atoms with van der Waals surface area (Å²) in [6.45, 7) is 1.02. The molecule has 1 aromatic carbocycles. The molecule has 1 aliphatic rings. The molecule has 6 nitrogen and oxygen atoms in total. The van der Waals surface area contributed by atoms with Gasteiger partial charge in [-0.3, -0.25) is 4.79 Å². The van der Waals surface area contributed by atoms with Crippen LogP contribution in [0.5, 0.6) is 5.75 Å². The summed E-state index contributed by atoms with van der Waals surface area (Å²) in [6, 6.07) is 4.52. The van der Waals surface area contributed by atoms with Crippen LogP contribution in [0.2, 0.25) is 0 Å². The topological polar surface area (TPSA) is 87.7 Å². The molecule has 0 heterocycles. The molecule has 0 aliphatic heterocycles. The van der Waals surface area contributed by atoms with Crippen LogP contribution in [0.3, 0.4) is 0 Å². The molecule has 1 amide bonds. The largest absolute Gasteiger partial charge is 0.497 e. The number of carboxylic acids is 1. The number of anilines is 1. The predicted octanol–water partition coefficient (Wildman–Crippen LogP) is 1.33. The Bertz CT molecular complexity index is 512. The lowest BCUT2D eigenvalue weighted by atomic mass is 10.1. The van der Waals surface area contributed by atoms with Crippen molar-refractivity contribution in [3.63, 3.8) is 0 Å². The molecule has 0 unspecified atom stereocenters. The second-order valence-electron chi connectivity index (χ2n) is 4.84. The predicted molar refractivity (Wildman–Crippen MR) is 74.2 cm³/mol. The number of nitrogens with one attached hydrogen (secondary N) is 2. The average molecular weight is 278 g/mol. The molecular weight excluding hydrogens is 260 g/mol. The van der Waals surface area contributed by atoms with Crippen molar-refractivity contribution in [2.45, 2.75) is 12.8 Å². The van der Waals surface area contributed by atoms with Crippen molar-refractivity contribution in [1.82, 2.24) is 5.32 Å². The van der Waals surface area contributed by atoms with Gasteiger partial charge in [0, 0.05) is 0 Å². The summed E-state index contributed by atoms with van der Waals surface area (Å²) >= 11 is 0. The lowest BCUT2D eigenvalue weighted by Crippen LogP contribution is -2.29. The Kier molecular flexibility index (Phi) is 4.57. The van der Waals surface area contributed by atoms with E-state index in [-0.39, 0.29) is 23.7 Å². The molecule has 108 valence electrons. The highest BCUT2D eigenvalue weighted by atomic mass is 16.5. The maximum absolute atomic E-state index is 11.7. The monoisotopic (exact) mass is 278 g/mol. The number of methoxy groups -OCH3 is 1. The van der Waals surface area contributed by atoms with E-state index in [1.807, 2.05) is 0 Å². The summed E-state index contributed by atoms with van der Waals surface area (Å²) in [5.74, 6) is -0.228. The Morgan fingerprint density at radius 3 is 2.75 bits per heavy atom. The Morgan fingerprint density at radius 1 is 1.40 bits per heavy atom. The van der Waals surface area contributed by atoms with Crippen LogP contribution in [-0.4, -0.2) is 37.2 Å². The van der Waals surface area contributed by atoms with Gasteiger partial charge < -0.3 is 20.5 Å². The summed E-state index contributed by atoms with van der Waals surface area (Å²) in [5, 5.41) is 14.8. The fourth-order valence-electron chi connectivity index (χ4n) is 1.84. The maximum atomic E-state index is 11.7. The van der Waals surface area contributed by atoms with E-state index in [0.717, 1.165) is 6.54 Å². The van der Waals surface area contributed by atoms with Crippen molar-refractivity contribution in [2.24, 2.45) is 5.92 Å². The van der Waals surface area contributed by atoms with Gasteiger partial charge >= 0.3 is 5.97 Å². The highest BCUT2D eigenvalue weighted by molar-refractivity contribution is 6.01. The number of ether oxygens (including phenoxy) is 1. The van der Waals surface area contributed by atoms with E-state index in [4.69, 9.17) is 9.84 Å². The summed E-state index contributed by atoms with van der Waals surface area (Å²) < 4.78 is 4.97. The van der Waals surface area contributed by atoms with E-state index in [1.165, 1.54) is 32.1 Å². The highest BCUT2D eigenvalue weighted by Crippen LogP contribution is 2.27. The quantitative estimate of drug-likeness (QED) is 0.700. The lowest BCUT2D eigenvalue weighted by Gasteiger charge is -2.10. The first-order valence-corrected chi connectivity index (χ1v) is 6.52. The van der Waals surface area contributed by atoms with Crippen molar-refractivity contribution in [2.75, 3.05) is 25.5 Å². The van der Waals surface area contributed by atoms with E-state index < -0.39 is 5.97 Å². The fourth-order valence-corrected chi connectivity index (χ4v) is 1.84. The van der Waals surface area contributed by atoms with Crippen LogP contribution in [0.4, 0.5) is 5.69 Å². The van der Waals surface area contributed by atoms with Crippen LogP contribution in [-0.2, 0) is 4.79 Å². The molecule has 0 saturated heterocycles. The minimum atomic E-state index is -1.11. The van der Waals surface area contributed by atoms with Gasteiger partial charge in [-0.15, -0.1) is 0 Å². The number of carbonyl (C=O) groups is 2. The van der Waals surface area contributed by atoms with Gasteiger partial charge in [-0.2, -0.15) is 0 Å². The van der Waals surface area contributed by atoms with Crippen molar-refractivity contribution >= 4 is 17.6 Å². The van der Waals surface area contributed by atoms with Gasteiger partial charge in [0.1, 0.15) is 5.75 Å². The summed E-state index contributed by atoms with van der Waals surface area (Å²) in [7, 11) is 1.46. The molecule has 1 saturated carbocycles. The standard InChI is InChI=1S/C14H18N2O4/c1-20-10-4-5-12(11(6-10)14(18)19)16-13(17)8-15-7-9-2-3-9/h4-6,9,15H,2-3,7-8H2,1H3,(H,16,17)(H,18,19). The Balaban J connectivity index is 1.95. The molecule has 1 fully saturated rings. The van der Waals surface area contributed by atoms with Gasteiger partial charge in [0.25, 0.3) is 0 Å². The Hall–Kier alpha value is -2.08. The zero-order valence-corrected chi connectivity index (χ0v) is 11.3. The number of rotatable bonds is 7. The van der Waals surface area contributed by atoms with Gasteiger partial charge in [0.05, 0.1) is 24.9 Å². The molecular formula is C14H18N2O4. The number of carboxylic acid groups (broad SMARTS) is 1. The number of hydrogen-bond acceptors (Lipinski definition) is 4. The second-order valence-corrected chi connectivity index (χ2v) is 4.84. The first-order chi connectivity index (χ1) is 9.60. The summed E-state index contributed by atoms with van der Waals surface area (Å²) in [4.78, 5) is 22.9. The molecule has 1 aromatic rings. The Labute approximate surface area is 117 Å². The van der Waals surface area contributed by atoms with Gasteiger partial charge in [-0.25, -0.2) is 4.79 Å². The molecule has 2 rings (SSSR count). The average Bonchev–Trinajstić information content (AvgIpc) is 3.23. The number of hydrogen-bond donors (Lipinski definition) is 3. The molecule has 1 aliphatic carbocycles. The number of amides is 1. The Morgan fingerprint density at radius 2 is 2.15 bits per heavy atom. The number of aromatic carboxylic acids is 1. The van der Waals surface area contributed by atoms with Gasteiger partial charge in [0.15, 0.2) is 0 Å². The molecule has 3 N–H and O–H groups in total. The first-order valence-electron chi connectivity index (χ1n) is 6.52. The third kappa shape index (κ3) is 3.96. The van der Waals surface area contributed by atoms with Crippen LogP contribution in [0.25, 0.3) is 0 Å². The second kappa shape index (κ2) is 6.38. The third-order valence-corrected chi connectivity index (χ3v) is 3.15. The van der Waals surface area contributed by atoms with E-state index >= 15 is 0 Å². The van der Waals surface area contributed by atoms with Crippen LogP contribution in [0.1, 0.15) is 23.2 Å². The summed E-state index contributed by atoms with van der Waals surface area (Å²) in [5.41, 5.74) is 0.288. The van der Waals surface area contributed by atoms with E-state index in [2.05, 4.69) is 10.6 Å². The molecule has 6 heteroatoms. The van der Waals surface area contributed by atoms with E-state index in [1.54, 1.807) is 6.07 Å². The van der Waals surface area contributed by atoms with Crippen molar-refractivity contribution in [3.8, 4) is 5.75 Å². The number of carbonyl (C=O) groups excluding carboxylic acids is 1. The van der Waals surface area contributed by atoms with Crippen LogP contribution in [0.15, 0.2) is 18.2 Å². The van der Waals surface area contributed by atoms with E-state index in [9.17, 15) is 9.59 Å². The van der Waals surface area contributed by atoms with Crippen molar-refractivity contribution in [1.29, 1.82) is 0 Å². The molecule has 20 heavy (non-hydrogen) atoms. The normalized spacial score (nSPS) is 13.8. The van der Waals surface area contributed by atoms with E-state index in [0.29, 0.717) is 11.7 Å². The lowest BCUT2D eigenvalue weighted by molar-refractivity contribution is -0.115. The number of benzene rings is 1. The van der Waals surface area contributed by atoms with Gasteiger partial charge in [-0.1, -0.05) is 0 Å². The van der Waals surface area contributed by atoms with Crippen molar-refractivity contribution in [3.05, 3.63) is 23.8 Å². The van der Waals surface area contributed by atoms with Crippen LogP contribution >= 0.6 is 0 Å². The minimum Gasteiger partial charge on any atom is -0.497 e.